The Morgan fingerprint density at radius 1 is 1.20 bits per heavy atom. The Labute approximate surface area is 149 Å². The molecule has 1 heterocycles. The summed E-state index contributed by atoms with van der Waals surface area (Å²) >= 11 is 0. The topological polar surface area (TPSA) is 48.0 Å². The van der Waals surface area contributed by atoms with Gasteiger partial charge in [-0.15, -0.1) is 0 Å². The first kappa shape index (κ1) is 19.7. The number of benzene rings is 1. The second-order valence-electron chi connectivity index (χ2n) is 6.28. The van der Waals surface area contributed by atoms with Gasteiger partial charge in [0.05, 0.1) is 18.8 Å². The van der Waals surface area contributed by atoms with Crippen molar-refractivity contribution in [2.75, 3.05) is 33.0 Å². The first-order valence-electron chi connectivity index (χ1n) is 8.99. The number of esters is 1. The van der Waals surface area contributed by atoms with Gasteiger partial charge in [0, 0.05) is 13.1 Å². The summed E-state index contributed by atoms with van der Waals surface area (Å²) in [6.45, 7) is 9.01. The normalized spacial score (nSPS) is 15.8. The third-order valence-corrected chi connectivity index (χ3v) is 4.91. The van der Waals surface area contributed by atoms with Crippen molar-refractivity contribution in [2.24, 2.45) is 0 Å². The van der Waals surface area contributed by atoms with Crippen LogP contribution in [0.5, 0.6) is 5.75 Å². The van der Waals surface area contributed by atoms with E-state index in [1.807, 2.05) is 25.7 Å². The first-order valence-corrected chi connectivity index (χ1v) is 8.99. The third-order valence-electron chi connectivity index (χ3n) is 4.91. The molecule has 0 atom stereocenters. The molecule has 0 radical (unpaired) electrons. The molecule has 0 bridgehead atoms. The van der Waals surface area contributed by atoms with Crippen LogP contribution >= 0.6 is 0 Å². The van der Waals surface area contributed by atoms with Crippen LogP contribution in [0.1, 0.15) is 50.4 Å². The third kappa shape index (κ3) is 5.16. The van der Waals surface area contributed by atoms with Gasteiger partial charge >= 0.3 is 5.97 Å². The molecule has 1 aliphatic heterocycles. The zero-order valence-electron chi connectivity index (χ0n) is 15.3. The molecule has 0 spiro atoms. The van der Waals surface area contributed by atoms with Gasteiger partial charge in [-0.3, -0.25) is 4.90 Å². The maximum atomic E-state index is 14.1. The lowest BCUT2D eigenvalue weighted by molar-refractivity contribution is -0.0210. The van der Waals surface area contributed by atoms with Crippen LogP contribution < -0.4 is 4.74 Å². The summed E-state index contributed by atoms with van der Waals surface area (Å²) in [7, 11) is 0. The number of ether oxygens (including phenoxy) is 3. The number of nitrogens with zero attached hydrogens (tertiary/aromatic N) is 1. The fraction of sp³-hybridized carbons (Fsp3) is 0.632. The monoisotopic (exact) mass is 353 g/mol. The predicted molar refractivity (Wildman–Crippen MR) is 93.3 cm³/mol. The molecule has 1 aromatic carbocycles. The fourth-order valence-electron chi connectivity index (χ4n) is 2.87. The van der Waals surface area contributed by atoms with Crippen molar-refractivity contribution in [1.29, 1.82) is 0 Å². The Hall–Kier alpha value is -1.66. The second kappa shape index (κ2) is 9.15. The van der Waals surface area contributed by atoms with E-state index in [9.17, 15) is 9.18 Å². The Morgan fingerprint density at radius 3 is 2.44 bits per heavy atom. The van der Waals surface area contributed by atoms with Gasteiger partial charge in [0.25, 0.3) is 0 Å². The van der Waals surface area contributed by atoms with Crippen molar-refractivity contribution in [3.05, 3.63) is 29.6 Å². The van der Waals surface area contributed by atoms with Gasteiger partial charge in [-0.1, -0.05) is 20.8 Å². The van der Waals surface area contributed by atoms with Crippen molar-refractivity contribution in [2.45, 2.75) is 45.6 Å². The van der Waals surface area contributed by atoms with E-state index in [1.165, 1.54) is 18.2 Å². The van der Waals surface area contributed by atoms with Crippen LogP contribution in [0.4, 0.5) is 4.39 Å². The van der Waals surface area contributed by atoms with Crippen LogP contribution in [0.3, 0.4) is 0 Å². The van der Waals surface area contributed by atoms with Crippen LogP contribution in [0, 0.1) is 5.82 Å². The molecule has 2 rings (SSSR count). The van der Waals surface area contributed by atoms with Crippen LogP contribution in [0.2, 0.25) is 0 Å². The maximum Gasteiger partial charge on any atom is 0.339 e. The first-order chi connectivity index (χ1) is 12.0. The van der Waals surface area contributed by atoms with E-state index >= 15 is 0 Å². The minimum atomic E-state index is -0.480. The van der Waals surface area contributed by atoms with Gasteiger partial charge in [-0.2, -0.15) is 0 Å². The fourth-order valence-corrected chi connectivity index (χ4v) is 2.87. The molecular weight excluding hydrogens is 325 g/mol. The lowest BCUT2D eigenvalue weighted by Crippen LogP contribution is -2.38. The summed E-state index contributed by atoms with van der Waals surface area (Å²) in [6.07, 6.45) is 2.31. The molecular formula is C19H28FNO4. The van der Waals surface area contributed by atoms with Crippen molar-refractivity contribution in [3.63, 3.8) is 0 Å². The average molecular weight is 353 g/mol. The quantitative estimate of drug-likeness (QED) is 0.668. The van der Waals surface area contributed by atoms with Gasteiger partial charge in [-0.25, -0.2) is 9.18 Å². The largest absolute Gasteiger partial charge is 0.484 e. The molecule has 1 saturated heterocycles. The lowest BCUT2D eigenvalue weighted by atomic mass is 9.94. The molecule has 6 heteroatoms. The summed E-state index contributed by atoms with van der Waals surface area (Å²) in [5.74, 6) is -0.845. The molecule has 0 unspecified atom stereocenters. The molecule has 1 aliphatic rings. The molecule has 0 saturated carbocycles. The van der Waals surface area contributed by atoms with Gasteiger partial charge in [0.1, 0.15) is 12.3 Å². The highest BCUT2D eigenvalue weighted by Gasteiger charge is 2.27. The average Bonchev–Trinajstić information content (AvgIpc) is 2.66. The molecule has 1 aromatic rings. The van der Waals surface area contributed by atoms with E-state index in [4.69, 9.17) is 14.2 Å². The van der Waals surface area contributed by atoms with Crippen molar-refractivity contribution < 1.29 is 23.4 Å². The highest BCUT2D eigenvalue weighted by atomic mass is 19.1. The predicted octanol–water partition coefficient (Wildman–Crippen LogP) is 3.62. The van der Waals surface area contributed by atoms with Gasteiger partial charge in [0.15, 0.2) is 11.6 Å². The van der Waals surface area contributed by atoms with Gasteiger partial charge < -0.3 is 14.2 Å². The van der Waals surface area contributed by atoms with Crippen molar-refractivity contribution >= 4 is 5.97 Å². The number of morpholine rings is 1. The Balaban J connectivity index is 2.05. The molecule has 0 aromatic heterocycles. The number of rotatable bonds is 8. The molecule has 0 amide bonds. The Kier molecular flexibility index (Phi) is 7.20. The smallest absolute Gasteiger partial charge is 0.339 e. The minimum Gasteiger partial charge on any atom is -0.484 e. The van der Waals surface area contributed by atoms with Crippen LogP contribution in [0.25, 0.3) is 0 Å². The zero-order chi connectivity index (χ0) is 18.3. The van der Waals surface area contributed by atoms with Crippen LogP contribution in [0.15, 0.2) is 18.2 Å². The number of hydrogen-bond acceptors (Lipinski definition) is 5. The Morgan fingerprint density at radius 2 is 1.84 bits per heavy atom. The summed E-state index contributed by atoms with van der Waals surface area (Å²) < 4.78 is 30.7. The zero-order valence-corrected chi connectivity index (χ0v) is 15.3. The van der Waals surface area contributed by atoms with Crippen LogP contribution in [-0.2, 0) is 9.47 Å². The molecule has 140 valence electrons. The van der Waals surface area contributed by atoms with E-state index in [0.29, 0.717) is 18.8 Å². The summed E-state index contributed by atoms with van der Waals surface area (Å²) in [6, 6.07) is 4.12. The number of halogens is 1. The highest BCUT2D eigenvalue weighted by molar-refractivity contribution is 5.89. The lowest BCUT2D eigenvalue weighted by Gasteiger charge is -2.32. The molecule has 0 N–H and O–H groups in total. The van der Waals surface area contributed by atoms with Crippen molar-refractivity contribution in [3.8, 4) is 5.75 Å². The van der Waals surface area contributed by atoms with E-state index in [-0.39, 0.29) is 12.5 Å². The van der Waals surface area contributed by atoms with Crippen molar-refractivity contribution in [1.82, 2.24) is 4.90 Å². The van der Waals surface area contributed by atoms with E-state index < -0.39 is 17.4 Å². The van der Waals surface area contributed by atoms with E-state index in [1.54, 1.807) is 0 Å². The standard InChI is InChI=1S/C19H28FNO4/c1-4-19(5-2,6-3)25-17-13-15(7-8-16(17)20)18(22)24-14-21-9-11-23-12-10-21/h7-8,13H,4-6,9-12,14H2,1-3H3. The maximum absolute atomic E-state index is 14.1. The molecule has 5 nitrogen and oxygen atoms in total. The number of carbonyl (C=O) groups is 1. The van der Waals surface area contributed by atoms with E-state index in [0.717, 1.165) is 32.4 Å². The number of hydrogen-bond donors (Lipinski definition) is 0. The van der Waals surface area contributed by atoms with Crippen LogP contribution in [-0.4, -0.2) is 49.5 Å². The summed E-state index contributed by atoms with van der Waals surface area (Å²) in [5, 5.41) is 0. The SMILES string of the molecule is CCC(CC)(CC)Oc1cc(C(=O)OCN2CCOCC2)ccc1F. The Bertz CT molecular complexity index is 560. The van der Waals surface area contributed by atoms with Gasteiger partial charge in [-0.05, 0) is 37.5 Å². The molecule has 25 heavy (non-hydrogen) atoms. The molecule has 0 aliphatic carbocycles. The number of carbonyl (C=O) groups excluding carboxylic acids is 1. The van der Waals surface area contributed by atoms with Gasteiger partial charge in [0.2, 0.25) is 0 Å². The highest BCUT2D eigenvalue weighted by Crippen LogP contribution is 2.30. The second-order valence-corrected chi connectivity index (χ2v) is 6.28. The summed E-state index contributed by atoms with van der Waals surface area (Å²) in [5.41, 5.74) is -0.126. The summed E-state index contributed by atoms with van der Waals surface area (Å²) in [4.78, 5) is 14.3. The van der Waals surface area contributed by atoms with E-state index in [2.05, 4.69) is 0 Å². The molecule has 1 fully saturated rings. The minimum absolute atomic E-state index is 0.103.